The molecule has 0 atom stereocenters. The Labute approximate surface area is 163 Å². The van der Waals surface area contributed by atoms with Crippen molar-refractivity contribution in [2.75, 3.05) is 0 Å². The third-order valence-corrected chi connectivity index (χ3v) is 5.09. The Morgan fingerprint density at radius 1 is 1.04 bits per heavy atom. The summed E-state index contributed by atoms with van der Waals surface area (Å²) in [6, 6.07) is 15.1. The molecule has 1 heterocycles. The summed E-state index contributed by atoms with van der Waals surface area (Å²) < 4.78 is 53.8. The minimum Gasteiger partial charge on any atom is -0.240 e. The zero-order valence-electron chi connectivity index (χ0n) is 14.7. The molecule has 0 radical (unpaired) electrons. The molecule has 0 unspecified atom stereocenters. The molecule has 2 nitrogen and oxygen atoms in total. The van der Waals surface area contributed by atoms with E-state index in [1.54, 1.807) is 6.07 Å². The fourth-order valence-electron chi connectivity index (χ4n) is 2.56. The van der Waals surface area contributed by atoms with Crippen molar-refractivity contribution in [3.63, 3.8) is 0 Å². The van der Waals surface area contributed by atoms with E-state index >= 15 is 0 Å². The summed E-state index contributed by atoms with van der Waals surface area (Å²) in [4.78, 5) is 4.27. The number of rotatable bonds is 4. The highest BCUT2D eigenvalue weighted by Gasteiger charge is 2.36. The van der Waals surface area contributed by atoms with E-state index in [2.05, 4.69) is 4.98 Å². The number of aryl methyl sites for hydroxylation is 1. The number of alkyl halides is 3. The first-order valence-electron chi connectivity index (χ1n) is 8.24. The van der Waals surface area contributed by atoms with Gasteiger partial charge in [0.1, 0.15) is 16.9 Å². The molecule has 0 N–H and O–H groups in total. The monoisotopic (exact) mass is 402 g/mol. The van der Waals surface area contributed by atoms with Crippen molar-refractivity contribution < 1.29 is 17.6 Å². The van der Waals surface area contributed by atoms with Gasteiger partial charge in [-0.25, -0.2) is 9.37 Å². The van der Waals surface area contributed by atoms with Crippen molar-refractivity contribution in [2.45, 2.75) is 23.9 Å². The quantitative estimate of drug-likeness (QED) is 0.375. The second-order valence-corrected chi connectivity index (χ2v) is 7.09. The summed E-state index contributed by atoms with van der Waals surface area (Å²) in [5.41, 5.74) is 0.807. The van der Waals surface area contributed by atoms with Crippen LogP contribution in [-0.2, 0) is 11.9 Å². The molecule has 142 valence electrons. The van der Waals surface area contributed by atoms with Crippen molar-refractivity contribution >= 4 is 11.8 Å². The maximum Gasteiger partial charge on any atom is 0.417 e. The number of hydrogen-bond donors (Lipinski definition) is 0. The topological polar surface area (TPSA) is 36.7 Å². The molecular formula is C21H14F4N2S. The smallest absolute Gasteiger partial charge is 0.240 e. The van der Waals surface area contributed by atoms with E-state index in [1.807, 2.05) is 31.2 Å². The highest BCUT2D eigenvalue weighted by atomic mass is 32.2. The van der Waals surface area contributed by atoms with Gasteiger partial charge < -0.3 is 0 Å². The van der Waals surface area contributed by atoms with Gasteiger partial charge in [-0.1, -0.05) is 29.8 Å². The van der Waals surface area contributed by atoms with Gasteiger partial charge in [-0.3, -0.25) is 0 Å². The van der Waals surface area contributed by atoms with Crippen molar-refractivity contribution in [2.24, 2.45) is 0 Å². The predicted octanol–water partition coefficient (Wildman–Crippen LogP) is 6.38. The third-order valence-electron chi connectivity index (χ3n) is 4.04. The molecule has 2 aromatic carbocycles. The molecule has 0 fully saturated rings. The van der Waals surface area contributed by atoms with Crippen LogP contribution in [0.3, 0.4) is 0 Å². The fraction of sp³-hybridized carbons (Fsp3) is 0.143. The van der Waals surface area contributed by atoms with Gasteiger partial charge in [0.2, 0.25) is 0 Å². The van der Waals surface area contributed by atoms with Gasteiger partial charge in [0.25, 0.3) is 0 Å². The van der Waals surface area contributed by atoms with Gasteiger partial charge in [0, 0.05) is 11.3 Å². The lowest BCUT2D eigenvalue weighted by Gasteiger charge is -2.14. The highest BCUT2D eigenvalue weighted by molar-refractivity contribution is 7.98. The van der Waals surface area contributed by atoms with E-state index < -0.39 is 23.1 Å². The van der Waals surface area contributed by atoms with Crippen molar-refractivity contribution in [3.05, 3.63) is 82.7 Å². The van der Waals surface area contributed by atoms with Gasteiger partial charge in [-0.15, -0.1) is 11.8 Å². The average Bonchev–Trinajstić information content (AvgIpc) is 2.66. The first kappa shape index (κ1) is 19.9. The van der Waals surface area contributed by atoms with Crippen molar-refractivity contribution in [1.82, 2.24) is 4.98 Å². The normalized spacial score (nSPS) is 11.3. The van der Waals surface area contributed by atoms with E-state index in [9.17, 15) is 22.8 Å². The van der Waals surface area contributed by atoms with Crippen LogP contribution in [0, 0.1) is 24.1 Å². The molecule has 1 aromatic heterocycles. The second-order valence-electron chi connectivity index (χ2n) is 6.13. The van der Waals surface area contributed by atoms with Gasteiger partial charge in [0.15, 0.2) is 0 Å². The van der Waals surface area contributed by atoms with Crippen molar-refractivity contribution in [3.8, 4) is 17.3 Å². The highest BCUT2D eigenvalue weighted by Crippen LogP contribution is 2.38. The van der Waals surface area contributed by atoms with Crippen LogP contribution in [0.2, 0.25) is 0 Å². The first-order valence-corrected chi connectivity index (χ1v) is 9.23. The van der Waals surface area contributed by atoms with Gasteiger partial charge in [-0.05, 0) is 42.8 Å². The number of hydrogen-bond acceptors (Lipinski definition) is 3. The Bertz CT molecular complexity index is 1020. The maximum absolute atomic E-state index is 13.5. The number of nitriles is 1. The second kappa shape index (κ2) is 8.03. The predicted molar refractivity (Wildman–Crippen MR) is 100 cm³/mol. The van der Waals surface area contributed by atoms with Crippen LogP contribution < -0.4 is 0 Å². The number of benzene rings is 2. The van der Waals surface area contributed by atoms with Crippen LogP contribution >= 0.6 is 11.8 Å². The molecule has 0 aliphatic heterocycles. The summed E-state index contributed by atoms with van der Waals surface area (Å²) >= 11 is 1.07. The Hall–Kier alpha value is -2.85. The Morgan fingerprint density at radius 3 is 2.25 bits per heavy atom. The zero-order valence-corrected chi connectivity index (χ0v) is 15.5. The van der Waals surface area contributed by atoms with E-state index in [0.29, 0.717) is 11.3 Å². The summed E-state index contributed by atoms with van der Waals surface area (Å²) in [5.74, 6) is -0.131. The molecule has 0 amide bonds. The number of pyridine rings is 1. The molecule has 0 spiro atoms. The summed E-state index contributed by atoms with van der Waals surface area (Å²) in [5, 5.41) is 9.34. The van der Waals surface area contributed by atoms with E-state index in [0.717, 1.165) is 41.1 Å². The number of thioether (sulfide) groups is 1. The molecule has 0 saturated heterocycles. The lowest BCUT2D eigenvalue weighted by molar-refractivity contribution is -0.138. The summed E-state index contributed by atoms with van der Waals surface area (Å²) in [6.07, 6.45) is -4.71. The fourth-order valence-corrected chi connectivity index (χ4v) is 3.52. The van der Waals surface area contributed by atoms with Crippen LogP contribution in [0.1, 0.15) is 22.3 Å². The lowest BCUT2D eigenvalue weighted by Crippen LogP contribution is -2.10. The Morgan fingerprint density at radius 2 is 1.68 bits per heavy atom. The Balaban J connectivity index is 2.05. The lowest BCUT2D eigenvalue weighted by atomic mass is 10.1. The van der Waals surface area contributed by atoms with Gasteiger partial charge in [-0.2, -0.15) is 18.4 Å². The third kappa shape index (κ3) is 4.52. The van der Waals surface area contributed by atoms with Crippen LogP contribution in [0.25, 0.3) is 11.3 Å². The van der Waals surface area contributed by atoms with E-state index in [4.69, 9.17) is 0 Å². The average molecular weight is 402 g/mol. The molecule has 0 aliphatic carbocycles. The minimum atomic E-state index is -4.71. The SMILES string of the molecule is Cc1ccc(CSc2nc(-c3ccc(F)cc3)cc(C(F)(F)F)c2C#N)cc1. The minimum absolute atomic E-state index is 0.00257. The van der Waals surface area contributed by atoms with E-state index in [1.165, 1.54) is 12.1 Å². The van der Waals surface area contributed by atoms with Gasteiger partial charge in [0.05, 0.1) is 16.8 Å². The van der Waals surface area contributed by atoms with Crippen LogP contribution in [0.4, 0.5) is 17.6 Å². The molecule has 0 saturated carbocycles. The summed E-state index contributed by atoms with van der Waals surface area (Å²) in [7, 11) is 0. The molecule has 7 heteroatoms. The largest absolute Gasteiger partial charge is 0.417 e. The van der Waals surface area contributed by atoms with Crippen molar-refractivity contribution in [1.29, 1.82) is 5.26 Å². The maximum atomic E-state index is 13.5. The molecular weight excluding hydrogens is 388 g/mol. The number of nitrogens with zero attached hydrogens (tertiary/aromatic N) is 2. The van der Waals surface area contributed by atoms with Crippen LogP contribution in [0.15, 0.2) is 59.6 Å². The van der Waals surface area contributed by atoms with E-state index in [-0.39, 0.29) is 10.7 Å². The zero-order chi connectivity index (χ0) is 20.3. The van der Waals surface area contributed by atoms with Crippen LogP contribution in [0.5, 0.6) is 0 Å². The standard InChI is InChI=1S/C21H14F4N2S/c1-13-2-4-14(5-3-13)12-28-20-17(11-26)18(21(23,24)25)10-19(27-20)15-6-8-16(22)9-7-15/h2-10H,12H2,1H3. The van der Waals surface area contributed by atoms with Gasteiger partial charge >= 0.3 is 6.18 Å². The number of halogens is 4. The molecule has 28 heavy (non-hydrogen) atoms. The first-order chi connectivity index (χ1) is 13.3. The molecule has 0 aliphatic rings. The molecule has 0 bridgehead atoms. The number of aromatic nitrogens is 1. The Kier molecular flexibility index (Phi) is 5.71. The summed E-state index contributed by atoms with van der Waals surface area (Å²) in [6.45, 7) is 1.94. The molecule has 3 rings (SSSR count). The van der Waals surface area contributed by atoms with Crippen LogP contribution in [-0.4, -0.2) is 4.98 Å². The molecule has 3 aromatic rings.